The van der Waals surface area contributed by atoms with Gasteiger partial charge in [-0.1, -0.05) is 17.3 Å². The third kappa shape index (κ3) is 2.81. The molecule has 0 bridgehead atoms. The second-order valence-corrected chi connectivity index (χ2v) is 5.83. The Balaban J connectivity index is 1.52. The van der Waals surface area contributed by atoms with Gasteiger partial charge in [0.05, 0.1) is 17.6 Å². The number of fused-ring (bicyclic) bond motifs is 1. The molecular formula is C16H17N5O2. The van der Waals surface area contributed by atoms with Gasteiger partial charge in [-0.2, -0.15) is 4.98 Å². The van der Waals surface area contributed by atoms with Gasteiger partial charge >= 0.3 is 0 Å². The number of benzene rings is 1. The van der Waals surface area contributed by atoms with Crippen LogP contribution in [0.5, 0.6) is 0 Å². The summed E-state index contributed by atoms with van der Waals surface area (Å²) in [5, 5.41) is 6.60. The van der Waals surface area contributed by atoms with Crippen molar-refractivity contribution in [1.29, 1.82) is 0 Å². The van der Waals surface area contributed by atoms with Crippen molar-refractivity contribution in [2.75, 3.05) is 0 Å². The van der Waals surface area contributed by atoms with Crippen molar-refractivity contribution in [3.63, 3.8) is 0 Å². The van der Waals surface area contributed by atoms with Crippen LogP contribution in [0.3, 0.4) is 0 Å². The summed E-state index contributed by atoms with van der Waals surface area (Å²) in [6, 6.07) is 7.92. The molecule has 23 heavy (non-hydrogen) atoms. The van der Waals surface area contributed by atoms with Crippen molar-refractivity contribution in [1.82, 2.24) is 25.0 Å². The highest BCUT2D eigenvalue weighted by atomic mass is 16.5. The molecule has 3 aromatic rings. The topological polar surface area (TPSA) is 85.8 Å². The van der Waals surface area contributed by atoms with E-state index in [1.165, 1.54) is 0 Å². The van der Waals surface area contributed by atoms with Crippen molar-refractivity contribution < 1.29 is 9.32 Å². The van der Waals surface area contributed by atoms with E-state index in [-0.39, 0.29) is 19.0 Å². The predicted octanol–water partition coefficient (Wildman–Crippen LogP) is 1.92. The number of hydrogen-bond acceptors (Lipinski definition) is 5. The minimum Gasteiger partial charge on any atom is -0.347 e. The fourth-order valence-corrected chi connectivity index (χ4v) is 2.70. The molecule has 1 aliphatic carbocycles. The minimum absolute atomic E-state index is 0.0856. The Morgan fingerprint density at radius 2 is 2.17 bits per heavy atom. The lowest BCUT2D eigenvalue weighted by molar-refractivity contribution is -0.121. The number of amides is 1. The standard InChI is InChI=1S/C16H17N5O2/c1-10-18-14(20-23-10)8-17-15(22)9-21-13-5-3-2-4-12(13)19-16(21)11-6-7-11/h2-5,11H,6-9H2,1H3,(H,17,22). The molecular weight excluding hydrogens is 294 g/mol. The van der Waals surface area contributed by atoms with Crippen LogP contribution in [0.15, 0.2) is 28.8 Å². The van der Waals surface area contributed by atoms with Gasteiger partial charge in [-0.25, -0.2) is 4.98 Å². The van der Waals surface area contributed by atoms with Gasteiger partial charge in [-0.15, -0.1) is 0 Å². The number of rotatable bonds is 5. The molecule has 1 aromatic carbocycles. The number of carbonyl (C=O) groups is 1. The number of nitrogens with one attached hydrogen (secondary N) is 1. The molecule has 2 heterocycles. The summed E-state index contributed by atoms with van der Waals surface area (Å²) in [6.07, 6.45) is 2.29. The van der Waals surface area contributed by atoms with Crippen molar-refractivity contribution in [2.24, 2.45) is 0 Å². The lowest BCUT2D eigenvalue weighted by Gasteiger charge is -2.08. The van der Waals surface area contributed by atoms with E-state index in [4.69, 9.17) is 9.51 Å². The highest BCUT2D eigenvalue weighted by Crippen LogP contribution is 2.40. The number of carbonyl (C=O) groups excluding carboxylic acids is 1. The second-order valence-electron chi connectivity index (χ2n) is 5.83. The highest BCUT2D eigenvalue weighted by Gasteiger charge is 2.30. The first kappa shape index (κ1) is 13.9. The molecule has 7 heteroatoms. The van der Waals surface area contributed by atoms with Crippen molar-refractivity contribution >= 4 is 16.9 Å². The molecule has 0 atom stereocenters. The fraction of sp³-hybridized carbons (Fsp3) is 0.375. The summed E-state index contributed by atoms with van der Waals surface area (Å²) in [4.78, 5) is 21.0. The predicted molar refractivity (Wildman–Crippen MR) is 82.6 cm³/mol. The molecule has 0 radical (unpaired) electrons. The average Bonchev–Trinajstić information content (AvgIpc) is 3.22. The maximum Gasteiger partial charge on any atom is 0.240 e. The van der Waals surface area contributed by atoms with Gasteiger partial charge in [0, 0.05) is 12.8 Å². The zero-order valence-electron chi connectivity index (χ0n) is 12.8. The van der Waals surface area contributed by atoms with Gasteiger partial charge in [0.25, 0.3) is 0 Å². The van der Waals surface area contributed by atoms with Crippen LogP contribution in [0.25, 0.3) is 11.0 Å². The van der Waals surface area contributed by atoms with Gasteiger partial charge in [0.2, 0.25) is 11.8 Å². The van der Waals surface area contributed by atoms with E-state index < -0.39 is 0 Å². The summed E-state index contributed by atoms with van der Waals surface area (Å²) >= 11 is 0. The molecule has 1 amide bonds. The Kier molecular flexibility index (Phi) is 3.33. The van der Waals surface area contributed by atoms with Crippen molar-refractivity contribution in [3.05, 3.63) is 41.8 Å². The summed E-state index contributed by atoms with van der Waals surface area (Å²) in [6.45, 7) is 2.24. The average molecular weight is 311 g/mol. The fourth-order valence-electron chi connectivity index (χ4n) is 2.70. The molecule has 118 valence electrons. The first-order valence-electron chi connectivity index (χ1n) is 7.72. The largest absolute Gasteiger partial charge is 0.347 e. The summed E-state index contributed by atoms with van der Waals surface area (Å²) < 4.78 is 6.91. The zero-order chi connectivity index (χ0) is 15.8. The van der Waals surface area contributed by atoms with Crippen molar-refractivity contribution in [2.45, 2.75) is 38.8 Å². The molecule has 0 spiro atoms. The number of aromatic nitrogens is 4. The van der Waals surface area contributed by atoms with Crippen LogP contribution in [0.1, 0.15) is 36.3 Å². The lowest BCUT2D eigenvalue weighted by atomic mass is 10.3. The summed E-state index contributed by atoms with van der Waals surface area (Å²) in [5.74, 6) is 2.38. The molecule has 4 rings (SSSR count). The molecule has 0 aliphatic heterocycles. The van der Waals surface area contributed by atoms with E-state index in [1.807, 2.05) is 28.8 Å². The third-order valence-corrected chi connectivity index (χ3v) is 3.94. The first-order valence-corrected chi connectivity index (χ1v) is 7.72. The molecule has 0 saturated heterocycles. The monoisotopic (exact) mass is 311 g/mol. The number of hydrogen-bond donors (Lipinski definition) is 1. The Morgan fingerprint density at radius 3 is 2.91 bits per heavy atom. The van der Waals surface area contributed by atoms with Gasteiger partial charge in [-0.3, -0.25) is 4.79 Å². The van der Waals surface area contributed by atoms with E-state index >= 15 is 0 Å². The number of aryl methyl sites for hydroxylation is 1. The summed E-state index contributed by atoms with van der Waals surface area (Å²) in [7, 11) is 0. The maximum absolute atomic E-state index is 12.3. The van der Waals surface area contributed by atoms with E-state index in [0.717, 1.165) is 29.7 Å². The Bertz CT molecular complexity index is 862. The molecule has 2 aromatic heterocycles. The van der Waals surface area contributed by atoms with Crippen LogP contribution >= 0.6 is 0 Å². The van der Waals surface area contributed by atoms with E-state index in [2.05, 4.69) is 15.5 Å². The number of nitrogens with zero attached hydrogens (tertiary/aromatic N) is 4. The van der Waals surface area contributed by atoms with Gasteiger partial charge < -0.3 is 14.4 Å². The Morgan fingerprint density at radius 1 is 1.35 bits per heavy atom. The Hall–Kier alpha value is -2.70. The van der Waals surface area contributed by atoms with Gasteiger partial charge in [-0.05, 0) is 25.0 Å². The van der Waals surface area contributed by atoms with Crippen LogP contribution in [-0.2, 0) is 17.9 Å². The van der Waals surface area contributed by atoms with Gasteiger partial charge in [0.15, 0.2) is 5.82 Å². The van der Waals surface area contributed by atoms with Gasteiger partial charge in [0.1, 0.15) is 12.4 Å². The molecule has 1 saturated carbocycles. The molecule has 7 nitrogen and oxygen atoms in total. The molecule has 0 unspecified atom stereocenters. The van der Waals surface area contributed by atoms with E-state index in [1.54, 1.807) is 6.92 Å². The number of para-hydroxylation sites is 2. The quantitative estimate of drug-likeness (QED) is 0.778. The minimum atomic E-state index is -0.0856. The number of imidazole rings is 1. The smallest absolute Gasteiger partial charge is 0.240 e. The first-order chi connectivity index (χ1) is 11.2. The third-order valence-electron chi connectivity index (χ3n) is 3.94. The van der Waals surface area contributed by atoms with Crippen LogP contribution in [-0.4, -0.2) is 25.6 Å². The Labute approximate surface area is 132 Å². The second kappa shape index (κ2) is 5.49. The van der Waals surface area contributed by atoms with Crippen LogP contribution in [0, 0.1) is 6.92 Å². The molecule has 1 fully saturated rings. The normalized spacial score (nSPS) is 14.3. The van der Waals surface area contributed by atoms with Crippen LogP contribution in [0.2, 0.25) is 0 Å². The molecule has 1 N–H and O–H groups in total. The van der Waals surface area contributed by atoms with Crippen LogP contribution in [0.4, 0.5) is 0 Å². The van der Waals surface area contributed by atoms with E-state index in [0.29, 0.717) is 17.6 Å². The van der Waals surface area contributed by atoms with E-state index in [9.17, 15) is 4.79 Å². The van der Waals surface area contributed by atoms with Crippen LogP contribution < -0.4 is 5.32 Å². The summed E-state index contributed by atoms with van der Waals surface area (Å²) in [5.41, 5.74) is 1.94. The SMILES string of the molecule is Cc1nc(CNC(=O)Cn2c(C3CC3)nc3ccccc32)no1. The van der Waals surface area contributed by atoms with Crippen molar-refractivity contribution in [3.8, 4) is 0 Å². The highest BCUT2D eigenvalue weighted by molar-refractivity contribution is 5.81. The lowest BCUT2D eigenvalue weighted by Crippen LogP contribution is -2.28. The molecule has 1 aliphatic rings. The zero-order valence-corrected chi connectivity index (χ0v) is 12.8. The maximum atomic E-state index is 12.3.